The molecule has 1 aromatic carbocycles. The molecule has 0 aliphatic carbocycles. The summed E-state index contributed by atoms with van der Waals surface area (Å²) in [4.78, 5) is 10.6. The van der Waals surface area contributed by atoms with E-state index in [1.165, 1.54) is 12.1 Å². The van der Waals surface area contributed by atoms with Gasteiger partial charge in [0.15, 0.2) is 11.6 Å². The van der Waals surface area contributed by atoms with E-state index in [9.17, 15) is 9.18 Å². The van der Waals surface area contributed by atoms with E-state index in [4.69, 9.17) is 0 Å². The molecule has 0 saturated heterocycles. The molecule has 0 aromatic heterocycles. The number of hydrogen-bond acceptors (Lipinski definition) is 3. The first-order chi connectivity index (χ1) is 5.25. The number of carbonyl (C=O) groups excluding carboxylic acids is 1. The number of ether oxygens (including phenoxy) is 2. The van der Waals surface area contributed by atoms with Crippen LogP contribution >= 0.6 is 0 Å². The van der Waals surface area contributed by atoms with Crippen LogP contribution < -0.4 is 9.47 Å². The normalized spacial score (nSPS) is 13.7. The molecule has 2 aliphatic rings. The Morgan fingerprint density at radius 3 is 2.82 bits per heavy atom. The Hall–Kier alpha value is -1.58. The molecule has 0 fully saturated rings. The maximum absolute atomic E-state index is 12.7. The summed E-state index contributed by atoms with van der Waals surface area (Å²) >= 11 is 0. The highest BCUT2D eigenvalue weighted by Gasteiger charge is 2.17. The maximum Gasteiger partial charge on any atom is 0.519 e. The van der Waals surface area contributed by atoms with E-state index in [0.717, 1.165) is 6.07 Å². The average Bonchev–Trinajstić information content (AvgIpc) is 2.16. The topological polar surface area (TPSA) is 35.5 Å². The van der Waals surface area contributed by atoms with Gasteiger partial charge in [-0.1, -0.05) is 0 Å². The number of rotatable bonds is 0. The largest absolute Gasteiger partial charge is 0.519 e. The molecule has 56 valence electrons. The second kappa shape index (κ2) is 1.95. The van der Waals surface area contributed by atoms with Crippen LogP contribution in [0.15, 0.2) is 18.2 Å². The van der Waals surface area contributed by atoms with Crippen molar-refractivity contribution in [1.29, 1.82) is 0 Å². The van der Waals surface area contributed by atoms with Gasteiger partial charge in [0.1, 0.15) is 5.75 Å². The zero-order valence-corrected chi connectivity index (χ0v) is 5.33. The quantitative estimate of drug-likeness (QED) is 0.421. The van der Waals surface area contributed by atoms with Gasteiger partial charge in [0.2, 0.25) is 0 Å². The predicted octanol–water partition coefficient (Wildman–Crippen LogP) is 1.72. The standard InChI is InChI=1S/C7H3FO3/c8-5-3-4-1-2-6(5)11-7(9)10-4/h1-3H. The molecule has 0 amide bonds. The van der Waals surface area contributed by atoms with Crippen molar-refractivity contribution in [2.75, 3.05) is 0 Å². The third-order valence-corrected chi connectivity index (χ3v) is 1.30. The first kappa shape index (κ1) is 6.15. The summed E-state index contributed by atoms with van der Waals surface area (Å²) in [7, 11) is 0. The molecule has 0 N–H and O–H groups in total. The Balaban J connectivity index is 2.59. The molecule has 11 heavy (non-hydrogen) atoms. The number of fused-ring (bicyclic) bond motifs is 4. The molecular weight excluding hydrogens is 151 g/mol. The summed E-state index contributed by atoms with van der Waals surface area (Å²) in [5, 5.41) is 0. The van der Waals surface area contributed by atoms with Gasteiger partial charge < -0.3 is 9.47 Å². The van der Waals surface area contributed by atoms with Crippen LogP contribution in [0.1, 0.15) is 0 Å². The van der Waals surface area contributed by atoms with Gasteiger partial charge in [-0.05, 0) is 12.1 Å². The Bertz CT molecular complexity index is 321. The molecule has 3 rings (SSSR count). The van der Waals surface area contributed by atoms with Gasteiger partial charge in [-0.3, -0.25) is 0 Å². The zero-order valence-electron chi connectivity index (χ0n) is 5.33. The second-order valence-electron chi connectivity index (χ2n) is 2.05. The summed E-state index contributed by atoms with van der Waals surface area (Å²) in [6.45, 7) is 0. The van der Waals surface area contributed by atoms with E-state index in [-0.39, 0.29) is 11.5 Å². The van der Waals surface area contributed by atoms with Crippen LogP contribution in [0, 0.1) is 5.82 Å². The van der Waals surface area contributed by atoms with Crippen LogP contribution in [0.3, 0.4) is 0 Å². The van der Waals surface area contributed by atoms with E-state index in [1.54, 1.807) is 0 Å². The second-order valence-corrected chi connectivity index (χ2v) is 2.05. The number of hydrogen-bond donors (Lipinski definition) is 0. The Morgan fingerprint density at radius 1 is 1.27 bits per heavy atom. The lowest BCUT2D eigenvalue weighted by atomic mass is 10.3. The van der Waals surface area contributed by atoms with Crippen molar-refractivity contribution in [2.24, 2.45) is 0 Å². The van der Waals surface area contributed by atoms with Crippen molar-refractivity contribution in [2.45, 2.75) is 0 Å². The summed E-state index contributed by atoms with van der Waals surface area (Å²) in [6, 6.07) is 3.90. The predicted molar refractivity (Wildman–Crippen MR) is 33.1 cm³/mol. The number of benzene rings is 1. The van der Waals surface area contributed by atoms with Crippen molar-refractivity contribution in [3.8, 4) is 11.5 Å². The third kappa shape index (κ3) is 0.920. The minimum Gasteiger partial charge on any atom is -0.395 e. The number of carbonyl (C=O) groups is 1. The molecule has 1 aromatic rings. The summed E-state index contributed by atoms with van der Waals surface area (Å²) in [5.74, 6) is -0.529. The van der Waals surface area contributed by atoms with Crippen LogP contribution in [0.4, 0.5) is 9.18 Å². The van der Waals surface area contributed by atoms with Gasteiger partial charge in [0, 0.05) is 6.07 Å². The monoisotopic (exact) mass is 154 g/mol. The zero-order chi connectivity index (χ0) is 7.84. The highest BCUT2D eigenvalue weighted by molar-refractivity contribution is 5.69. The van der Waals surface area contributed by atoms with Crippen molar-refractivity contribution in [1.82, 2.24) is 0 Å². The van der Waals surface area contributed by atoms with E-state index in [0.29, 0.717) is 0 Å². The van der Waals surface area contributed by atoms with Crippen molar-refractivity contribution < 1.29 is 18.7 Å². The van der Waals surface area contributed by atoms with Gasteiger partial charge in [0.05, 0.1) is 0 Å². The molecule has 0 spiro atoms. The van der Waals surface area contributed by atoms with Crippen molar-refractivity contribution in [3.05, 3.63) is 24.0 Å². The molecule has 0 saturated carbocycles. The lowest BCUT2D eigenvalue weighted by Crippen LogP contribution is -2.10. The van der Waals surface area contributed by atoms with Gasteiger partial charge in [-0.2, -0.15) is 0 Å². The summed E-state index contributed by atoms with van der Waals surface area (Å²) in [6.07, 6.45) is -0.899. The van der Waals surface area contributed by atoms with E-state index >= 15 is 0 Å². The van der Waals surface area contributed by atoms with E-state index in [1.807, 2.05) is 0 Å². The maximum atomic E-state index is 12.7. The Kier molecular flexibility index (Phi) is 1.09. The Morgan fingerprint density at radius 2 is 2.09 bits per heavy atom. The molecule has 2 bridgehead atoms. The van der Waals surface area contributed by atoms with Crippen molar-refractivity contribution >= 4 is 6.16 Å². The molecule has 4 heteroatoms. The van der Waals surface area contributed by atoms with Crippen LogP contribution in [0.2, 0.25) is 0 Å². The molecule has 2 heterocycles. The first-order valence-corrected chi connectivity index (χ1v) is 2.95. The Labute approximate surface area is 61.3 Å². The average molecular weight is 154 g/mol. The van der Waals surface area contributed by atoms with Gasteiger partial charge in [-0.25, -0.2) is 9.18 Å². The molecule has 2 aliphatic heterocycles. The lowest BCUT2D eigenvalue weighted by molar-refractivity contribution is 0.153. The highest BCUT2D eigenvalue weighted by atomic mass is 19.1. The summed E-state index contributed by atoms with van der Waals surface area (Å²) < 4.78 is 21.6. The van der Waals surface area contributed by atoms with Crippen molar-refractivity contribution in [3.63, 3.8) is 0 Å². The van der Waals surface area contributed by atoms with Crippen LogP contribution in [-0.4, -0.2) is 6.16 Å². The smallest absolute Gasteiger partial charge is 0.395 e. The van der Waals surface area contributed by atoms with E-state index < -0.39 is 12.0 Å². The van der Waals surface area contributed by atoms with E-state index in [2.05, 4.69) is 9.47 Å². The third-order valence-electron chi connectivity index (χ3n) is 1.30. The van der Waals surface area contributed by atoms with Gasteiger partial charge >= 0.3 is 6.16 Å². The van der Waals surface area contributed by atoms with Gasteiger partial charge in [0.25, 0.3) is 0 Å². The van der Waals surface area contributed by atoms with Crippen LogP contribution in [0.25, 0.3) is 0 Å². The lowest BCUT2D eigenvalue weighted by Gasteiger charge is -1.94. The van der Waals surface area contributed by atoms with Crippen LogP contribution in [-0.2, 0) is 0 Å². The minimum absolute atomic E-state index is 0.101. The molecule has 0 radical (unpaired) electrons. The SMILES string of the molecule is O=C1Oc2ccc(c(F)c2)O1. The summed E-state index contributed by atoms with van der Waals surface area (Å²) in [5.41, 5.74) is 0. The number of halogens is 1. The molecular formula is C7H3FO3. The fraction of sp³-hybridized carbons (Fsp3) is 0. The fourth-order valence-corrected chi connectivity index (χ4v) is 0.835. The minimum atomic E-state index is -0.899. The first-order valence-electron chi connectivity index (χ1n) is 2.95. The van der Waals surface area contributed by atoms with Gasteiger partial charge in [-0.15, -0.1) is 0 Å². The molecule has 0 unspecified atom stereocenters. The fourth-order valence-electron chi connectivity index (χ4n) is 0.835. The highest BCUT2D eigenvalue weighted by Crippen LogP contribution is 2.26. The van der Waals surface area contributed by atoms with Crippen LogP contribution in [0.5, 0.6) is 11.5 Å². The molecule has 0 atom stereocenters. The molecule has 3 nitrogen and oxygen atoms in total.